The number of ketones is 2. The van der Waals surface area contributed by atoms with Gasteiger partial charge in [-0.1, -0.05) is 61.7 Å². The quantitative estimate of drug-likeness (QED) is 0.279. The van der Waals surface area contributed by atoms with E-state index in [9.17, 15) is 9.59 Å². The number of carbonyl (C=O) groups excluding carboxylic acids is 2. The fourth-order valence-electron chi connectivity index (χ4n) is 5.66. The van der Waals surface area contributed by atoms with Crippen molar-refractivity contribution < 1.29 is 9.59 Å². The van der Waals surface area contributed by atoms with Crippen LogP contribution in [0.2, 0.25) is 0 Å². The van der Waals surface area contributed by atoms with Crippen LogP contribution in [0, 0.1) is 0 Å². The lowest BCUT2D eigenvalue weighted by molar-refractivity contribution is 0.103. The maximum Gasteiger partial charge on any atom is 0.194 e. The van der Waals surface area contributed by atoms with Crippen molar-refractivity contribution in [2.24, 2.45) is 0 Å². The Labute approximate surface area is 196 Å². The minimum absolute atomic E-state index is 0.00369. The van der Waals surface area contributed by atoms with Gasteiger partial charge in [-0.2, -0.15) is 0 Å². The van der Waals surface area contributed by atoms with Gasteiger partial charge in [-0.15, -0.1) is 0 Å². The maximum absolute atomic E-state index is 13.7. The smallest absolute Gasteiger partial charge is 0.194 e. The van der Waals surface area contributed by atoms with Crippen LogP contribution in [-0.2, 0) is 0 Å². The lowest BCUT2D eigenvalue weighted by Crippen LogP contribution is -2.15. The highest BCUT2D eigenvalue weighted by molar-refractivity contribution is 6.34. The molecule has 0 radical (unpaired) electrons. The van der Waals surface area contributed by atoms with E-state index in [1.54, 1.807) is 12.2 Å². The van der Waals surface area contributed by atoms with Crippen LogP contribution in [0.3, 0.4) is 0 Å². The molecule has 0 aromatic heterocycles. The number of hydrogen-bond donors (Lipinski definition) is 0. The molecule has 0 N–H and O–H groups in total. The molecule has 34 heavy (non-hydrogen) atoms. The summed E-state index contributed by atoms with van der Waals surface area (Å²) in [6.45, 7) is 7.83. The van der Waals surface area contributed by atoms with E-state index in [-0.39, 0.29) is 11.6 Å². The molecule has 0 spiro atoms. The van der Waals surface area contributed by atoms with E-state index >= 15 is 0 Å². The van der Waals surface area contributed by atoms with Gasteiger partial charge in [0.25, 0.3) is 0 Å². The van der Waals surface area contributed by atoms with Gasteiger partial charge in [0.2, 0.25) is 0 Å². The lowest BCUT2D eigenvalue weighted by Gasteiger charge is -2.27. The molecule has 7 rings (SSSR count). The molecule has 5 aromatic carbocycles. The standard InChI is InChI=1S/C32H18O2/c1-3-17-13-25-21-9-11-24-30-22(10-12-23(29(21)30)31(33)27(25)14-18(17)4-2)26-15-19-7-5-6-8-20(19)16-28(26)32(24)34/h3-16H,1-2H2. The SMILES string of the molecule is C=Cc1cc2c(cc1C=C)-c1ccc3c4c(ccc(c14)C2=O)-c1cc2ccccc2cc1C3=O. The van der Waals surface area contributed by atoms with Crippen LogP contribution >= 0.6 is 0 Å². The van der Waals surface area contributed by atoms with Crippen LogP contribution in [0.25, 0.3) is 56.0 Å². The van der Waals surface area contributed by atoms with Gasteiger partial charge < -0.3 is 0 Å². The Hall–Kier alpha value is -4.56. The Morgan fingerprint density at radius 1 is 0.471 bits per heavy atom. The summed E-state index contributed by atoms with van der Waals surface area (Å²) in [6, 6.07) is 23.9. The van der Waals surface area contributed by atoms with Crippen LogP contribution in [0.15, 0.2) is 86.0 Å². The van der Waals surface area contributed by atoms with Gasteiger partial charge in [-0.3, -0.25) is 9.59 Å². The fraction of sp³-hybridized carbons (Fsp3) is 0. The number of rotatable bonds is 2. The van der Waals surface area contributed by atoms with Crippen molar-refractivity contribution in [3.05, 3.63) is 119 Å². The Bertz CT molecular complexity index is 1820. The second-order valence-electron chi connectivity index (χ2n) is 8.91. The molecular weight excluding hydrogens is 416 g/mol. The highest BCUT2D eigenvalue weighted by Crippen LogP contribution is 2.48. The van der Waals surface area contributed by atoms with Gasteiger partial charge in [-0.05, 0) is 80.6 Å². The molecule has 0 aliphatic heterocycles. The average molecular weight is 434 g/mol. The number of hydrogen-bond acceptors (Lipinski definition) is 2. The fourth-order valence-corrected chi connectivity index (χ4v) is 5.66. The molecule has 2 aliphatic rings. The van der Waals surface area contributed by atoms with Crippen molar-refractivity contribution in [3.8, 4) is 22.3 Å². The largest absolute Gasteiger partial charge is 0.289 e. The first-order valence-corrected chi connectivity index (χ1v) is 11.3. The number of benzene rings is 5. The van der Waals surface area contributed by atoms with Gasteiger partial charge in [0, 0.05) is 33.0 Å². The molecule has 0 unspecified atom stereocenters. The van der Waals surface area contributed by atoms with E-state index in [0.29, 0.717) is 22.3 Å². The van der Waals surface area contributed by atoms with E-state index in [1.807, 2.05) is 60.7 Å². The summed E-state index contributed by atoms with van der Waals surface area (Å²) in [4.78, 5) is 27.3. The highest BCUT2D eigenvalue weighted by atomic mass is 16.1. The first-order chi connectivity index (χ1) is 16.6. The van der Waals surface area contributed by atoms with E-state index in [0.717, 1.165) is 54.9 Å². The molecule has 0 heterocycles. The average Bonchev–Trinajstić information content (AvgIpc) is 2.88. The molecule has 0 amide bonds. The van der Waals surface area contributed by atoms with E-state index < -0.39 is 0 Å². The van der Waals surface area contributed by atoms with Crippen molar-refractivity contribution in [2.45, 2.75) is 0 Å². The molecular formula is C32H18O2. The number of fused-ring (bicyclic) bond motifs is 5. The van der Waals surface area contributed by atoms with Gasteiger partial charge in [-0.25, -0.2) is 0 Å². The predicted molar refractivity (Wildman–Crippen MR) is 139 cm³/mol. The summed E-state index contributed by atoms with van der Waals surface area (Å²) in [7, 11) is 0. The van der Waals surface area contributed by atoms with Crippen molar-refractivity contribution in [1.29, 1.82) is 0 Å². The summed E-state index contributed by atoms with van der Waals surface area (Å²) in [5, 5.41) is 3.87. The third kappa shape index (κ3) is 2.24. The van der Waals surface area contributed by atoms with Crippen LogP contribution in [0.4, 0.5) is 0 Å². The van der Waals surface area contributed by atoms with Crippen LogP contribution < -0.4 is 0 Å². The molecule has 0 bridgehead atoms. The Balaban J connectivity index is 1.62. The molecule has 0 fully saturated rings. The molecule has 2 nitrogen and oxygen atoms in total. The van der Waals surface area contributed by atoms with Crippen molar-refractivity contribution >= 4 is 45.3 Å². The molecule has 0 atom stereocenters. The molecule has 158 valence electrons. The lowest BCUT2D eigenvalue weighted by atomic mass is 9.75. The summed E-state index contributed by atoms with van der Waals surface area (Å²) in [5.41, 5.74) is 8.24. The van der Waals surface area contributed by atoms with E-state index in [4.69, 9.17) is 0 Å². The second kappa shape index (κ2) is 6.49. The molecule has 2 heteroatoms. The van der Waals surface area contributed by atoms with Crippen LogP contribution in [0.5, 0.6) is 0 Å². The molecule has 2 aliphatic carbocycles. The Morgan fingerprint density at radius 2 is 0.882 bits per heavy atom. The third-order valence-electron chi connectivity index (χ3n) is 7.27. The topological polar surface area (TPSA) is 34.1 Å². The zero-order valence-corrected chi connectivity index (χ0v) is 18.3. The van der Waals surface area contributed by atoms with Crippen LogP contribution in [0.1, 0.15) is 43.0 Å². The van der Waals surface area contributed by atoms with Gasteiger partial charge in [0.15, 0.2) is 11.6 Å². The van der Waals surface area contributed by atoms with Gasteiger partial charge in [0.1, 0.15) is 0 Å². The number of carbonyl (C=O) groups is 2. The summed E-state index contributed by atoms with van der Waals surface area (Å²) >= 11 is 0. The third-order valence-corrected chi connectivity index (χ3v) is 7.27. The Morgan fingerprint density at radius 3 is 1.41 bits per heavy atom. The zero-order chi connectivity index (χ0) is 23.1. The normalized spacial score (nSPS) is 13.1. The van der Waals surface area contributed by atoms with Crippen molar-refractivity contribution in [2.75, 3.05) is 0 Å². The predicted octanol–water partition coefficient (Wildman–Crippen LogP) is 7.70. The second-order valence-corrected chi connectivity index (χ2v) is 8.91. The monoisotopic (exact) mass is 434 g/mol. The van der Waals surface area contributed by atoms with Crippen molar-refractivity contribution in [1.82, 2.24) is 0 Å². The van der Waals surface area contributed by atoms with Crippen molar-refractivity contribution in [3.63, 3.8) is 0 Å². The summed E-state index contributed by atoms with van der Waals surface area (Å²) in [6.07, 6.45) is 3.54. The Kier molecular flexibility index (Phi) is 3.62. The molecule has 0 saturated heterocycles. The van der Waals surface area contributed by atoms with Gasteiger partial charge >= 0.3 is 0 Å². The minimum Gasteiger partial charge on any atom is -0.289 e. The summed E-state index contributed by atoms with van der Waals surface area (Å²) < 4.78 is 0. The van der Waals surface area contributed by atoms with E-state index in [1.165, 1.54) is 0 Å². The molecule has 5 aromatic rings. The highest BCUT2D eigenvalue weighted by Gasteiger charge is 2.32. The zero-order valence-electron chi connectivity index (χ0n) is 18.3. The first-order valence-electron chi connectivity index (χ1n) is 11.3. The summed E-state index contributed by atoms with van der Waals surface area (Å²) in [5.74, 6) is -0.0225. The minimum atomic E-state index is -0.0262. The van der Waals surface area contributed by atoms with Gasteiger partial charge in [0.05, 0.1) is 0 Å². The first kappa shape index (κ1) is 19.0. The van der Waals surface area contributed by atoms with E-state index in [2.05, 4.69) is 25.3 Å². The maximum atomic E-state index is 13.7. The van der Waals surface area contributed by atoms with Crippen LogP contribution in [-0.4, -0.2) is 11.6 Å². The molecule has 0 saturated carbocycles.